The molecule has 112 valence electrons. The molecule has 0 spiro atoms. The Kier molecular flexibility index (Phi) is 6.98. The summed E-state index contributed by atoms with van der Waals surface area (Å²) in [5.74, 6) is 0.317. The van der Waals surface area contributed by atoms with Gasteiger partial charge in [-0.15, -0.1) is 0 Å². The van der Waals surface area contributed by atoms with Gasteiger partial charge in [0, 0.05) is 25.7 Å². The molecule has 0 aliphatic rings. The molecule has 0 fully saturated rings. The SMILES string of the molecule is CCC(CC)CNC(=NC)NCc1cc(F)ccc1F. The zero-order chi connectivity index (χ0) is 15.0. The quantitative estimate of drug-likeness (QED) is 0.622. The Labute approximate surface area is 119 Å². The second-order valence-corrected chi connectivity index (χ2v) is 4.72. The maximum Gasteiger partial charge on any atom is 0.191 e. The van der Waals surface area contributed by atoms with Crippen LogP contribution < -0.4 is 10.6 Å². The van der Waals surface area contributed by atoms with Crippen molar-refractivity contribution in [2.45, 2.75) is 33.2 Å². The number of nitrogens with one attached hydrogen (secondary N) is 2. The van der Waals surface area contributed by atoms with Crippen LogP contribution in [0.4, 0.5) is 8.78 Å². The average Bonchev–Trinajstić information content (AvgIpc) is 2.46. The smallest absolute Gasteiger partial charge is 0.191 e. The van der Waals surface area contributed by atoms with Gasteiger partial charge in [0.25, 0.3) is 0 Å². The van der Waals surface area contributed by atoms with Gasteiger partial charge in [0.15, 0.2) is 5.96 Å². The van der Waals surface area contributed by atoms with Crippen molar-refractivity contribution in [1.29, 1.82) is 0 Å². The Morgan fingerprint density at radius 1 is 1.20 bits per heavy atom. The summed E-state index contributed by atoms with van der Waals surface area (Å²) in [7, 11) is 1.66. The molecule has 0 aromatic heterocycles. The summed E-state index contributed by atoms with van der Waals surface area (Å²) in [6.07, 6.45) is 2.19. The lowest BCUT2D eigenvalue weighted by molar-refractivity contribution is 0.481. The second kappa shape index (κ2) is 8.51. The van der Waals surface area contributed by atoms with Crippen molar-refractivity contribution < 1.29 is 8.78 Å². The molecule has 0 amide bonds. The Morgan fingerprint density at radius 3 is 2.50 bits per heavy atom. The van der Waals surface area contributed by atoms with Crippen LogP contribution in [0.1, 0.15) is 32.3 Å². The Hall–Kier alpha value is -1.65. The van der Waals surface area contributed by atoms with E-state index in [4.69, 9.17) is 0 Å². The molecule has 3 nitrogen and oxygen atoms in total. The predicted molar refractivity (Wildman–Crippen MR) is 78.6 cm³/mol. The second-order valence-electron chi connectivity index (χ2n) is 4.72. The number of aliphatic imine (C=N–C) groups is 1. The van der Waals surface area contributed by atoms with Crippen molar-refractivity contribution in [2.75, 3.05) is 13.6 Å². The fourth-order valence-corrected chi connectivity index (χ4v) is 1.90. The highest BCUT2D eigenvalue weighted by molar-refractivity contribution is 5.79. The Morgan fingerprint density at radius 2 is 1.90 bits per heavy atom. The number of nitrogens with zero attached hydrogens (tertiary/aromatic N) is 1. The fourth-order valence-electron chi connectivity index (χ4n) is 1.90. The van der Waals surface area contributed by atoms with E-state index in [1.165, 1.54) is 6.07 Å². The molecule has 20 heavy (non-hydrogen) atoms. The molecule has 0 unspecified atom stereocenters. The first-order valence-electron chi connectivity index (χ1n) is 6.99. The minimum absolute atomic E-state index is 0.201. The van der Waals surface area contributed by atoms with Crippen LogP contribution >= 0.6 is 0 Å². The van der Waals surface area contributed by atoms with E-state index >= 15 is 0 Å². The lowest BCUT2D eigenvalue weighted by Crippen LogP contribution is -2.39. The third-order valence-corrected chi connectivity index (χ3v) is 3.39. The molecule has 0 aliphatic heterocycles. The zero-order valence-electron chi connectivity index (χ0n) is 12.3. The topological polar surface area (TPSA) is 36.4 Å². The number of guanidine groups is 1. The number of hydrogen-bond donors (Lipinski definition) is 2. The molecule has 1 rings (SSSR count). The van der Waals surface area contributed by atoms with Gasteiger partial charge in [-0.25, -0.2) is 8.78 Å². The molecule has 0 atom stereocenters. The lowest BCUT2D eigenvalue weighted by atomic mass is 10.0. The van der Waals surface area contributed by atoms with Crippen LogP contribution in [0.5, 0.6) is 0 Å². The van der Waals surface area contributed by atoms with Crippen LogP contribution in [-0.4, -0.2) is 19.6 Å². The summed E-state index contributed by atoms with van der Waals surface area (Å²) in [6.45, 7) is 5.31. The van der Waals surface area contributed by atoms with E-state index < -0.39 is 11.6 Å². The van der Waals surface area contributed by atoms with Gasteiger partial charge in [-0.05, 0) is 24.1 Å². The maximum atomic E-state index is 13.5. The zero-order valence-corrected chi connectivity index (χ0v) is 12.3. The Bertz CT molecular complexity index is 443. The third-order valence-electron chi connectivity index (χ3n) is 3.39. The van der Waals surface area contributed by atoms with Crippen LogP contribution in [0, 0.1) is 17.6 Å². The molecular weight excluding hydrogens is 260 g/mol. The number of hydrogen-bond acceptors (Lipinski definition) is 1. The molecule has 1 aromatic rings. The molecule has 0 saturated heterocycles. The van der Waals surface area contributed by atoms with Gasteiger partial charge in [0.05, 0.1) is 0 Å². The monoisotopic (exact) mass is 283 g/mol. The van der Waals surface area contributed by atoms with E-state index in [0.29, 0.717) is 11.9 Å². The first kappa shape index (κ1) is 16.4. The number of halogens is 2. The number of rotatable bonds is 6. The normalized spacial score (nSPS) is 11.8. The van der Waals surface area contributed by atoms with Gasteiger partial charge in [-0.2, -0.15) is 0 Å². The van der Waals surface area contributed by atoms with Crippen molar-refractivity contribution in [3.8, 4) is 0 Å². The first-order chi connectivity index (χ1) is 9.60. The van der Waals surface area contributed by atoms with Gasteiger partial charge in [0.1, 0.15) is 11.6 Å². The van der Waals surface area contributed by atoms with Gasteiger partial charge < -0.3 is 10.6 Å². The van der Waals surface area contributed by atoms with Gasteiger partial charge in [0.2, 0.25) is 0 Å². The third kappa shape index (κ3) is 5.15. The largest absolute Gasteiger partial charge is 0.356 e. The maximum absolute atomic E-state index is 13.5. The fraction of sp³-hybridized carbons (Fsp3) is 0.533. The Balaban J connectivity index is 2.51. The molecule has 0 radical (unpaired) electrons. The van der Waals surface area contributed by atoms with E-state index in [-0.39, 0.29) is 12.1 Å². The van der Waals surface area contributed by atoms with Crippen molar-refractivity contribution >= 4 is 5.96 Å². The van der Waals surface area contributed by atoms with E-state index in [2.05, 4.69) is 29.5 Å². The summed E-state index contributed by atoms with van der Waals surface area (Å²) < 4.78 is 26.5. The summed E-state index contributed by atoms with van der Waals surface area (Å²) in [5.41, 5.74) is 0.287. The highest BCUT2D eigenvalue weighted by Crippen LogP contribution is 2.09. The molecular formula is C15H23F2N3. The van der Waals surface area contributed by atoms with E-state index in [1.807, 2.05) is 0 Å². The summed E-state index contributed by atoms with van der Waals surface area (Å²) in [6, 6.07) is 3.43. The summed E-state index contributed by atoms with van der Waals surface area (Å²) in [5, 5.41) is 6.19. The molecule has 2 N–H and O–H groups in total. The number of benzene rings is 1. The molecule has 0 bridgehead atoms. The van der Waals surface area contributed by atoms with Crippen LogP contribution in [-0.2, 0) is 6.54 Å². The van der Waals surface area contributed by atoms with Gasteiger partial charge in [-0.1, -0.05) is 26.7 Å². The van der Waals surface area contributed by atoms with E-state index in [1.54, 1.807) is 7.05 Å². The van der Waals surface area contributed by atoms with Gasteiger partial charge in [-0.3, -0.25) is 4.99 Å². The minimum atomic E-state index is -0.442. The first-order valence-corrected chi connectivity index (χ1v) is 6.99. The highest BCUT2D eigenvalue weighted by atomic mass is 19.1. The van der Waals surface area contributed by atoms with Crippen molar-refractivity contribution in [1.82, 2.24) is 10.6 Å². The molecule has 1 aromatic carbocycles. The van der Waals surface area contributed by atoms with Crippen molar-refractivity contribution in [2.24, 2.45) is 10.9 Å². The van der Waals surface area contributed by atoms with Gasteiger partial charge >= 0.3 is 0 Å². The molecule has 0 heterocycles. The van der Waals surface area contributed by atoms with Crippen molar-refractivity contribution in [3.05, 3.63) is 35.4 Å². The molecule has 0 aliphatic carbocycles. The lowest BCUT2D eigenvalue weighted by Gasteiger charge is -2.16. The summed E-state index contributed by atoms with van der Waals surface area (Å²) >= 11 is 0. The molecule has 5 heteroatoms. The molecule has 0 saturated carbocycles. The van der Waals surface area contributed by atoms with Crippen LogP contribution in [0.3, 0.4) is 0 Å². The van der Waals surface area contributed by atoms with Crippen LogP contribution in [0.15, 0.2) is 23.2 Å². The summed E-state index contributed by atoms with van der Waals surface area (Å²) in [4.78, 5) is 4.07. The van der Waals surface area contributed by atoms with Crippen molar-refractivity contribution in [3.63, 3.8) is 0 Å². The average molecular weight is 283 g/mol. The van der Waals surface area contributed by atoms with E-state index in [9.17, 15) is 8.78 Å². The predicted octanol–water partition coefficient (Wildman–Crippen LogP) is 3.07. The van der Waals surface area contributed by atoms with Crippen LogP contribution in [0.2, 0.25) is 0 Å². The van der Waals surface area contributed by atoms with E-state index in [0.717, 1.165) is 31.5 Å². The minimum Gasteiger partial charge on any atom is -0.356 e. The standard InChI is InChI=1S/C15H23F2N3/c1-4-11(5-2)9-19-15(18-3)20-10-12-8-13(16)6-7-14(12)17/h6-8,11H,4-5,9-10H2,1-3H3,(H2,18,19,20). The van der Waals surface area contributed by atoms with Crippen LogP contribution in [0.25, 0.3) is 0 Å². The highest BCUT2D eigenvalue weighted by Gasteiger charge is 2.07.